The summed E-state index contributed by atoms with van der Waals surface area (Å²) in [7, 11) is -1.58. The van der Waals surface area contributed by atoms with Gasteiger partial charge in [-0.1, -0.05) is 6.92 Å². The molecule has 1 aromatic rings. The van der Waals surface area contributed by atoms with Crippen LogP contribution in [0, 0.1) is 5.92 Å². The predicted octanol–water partition coefficient (Wildman–Crippen LogP) is 1.29. The van der Waals surface area contributed by atoms with Gasteiger partial charge in [0.1, 0.15) is 4.90 Å². The number of hydrogen-bond donors (Lipinski definition) is 1. The summed E-state index contributed by atoms with van der Waals surface area (Å²) in [5, 5.41) is 0. The van der Waals surface area contributed by atoms with Crippen LogP contribution in [0.1, 0.15) is 32.4 Å². The second kappa shape index (κ2) is 5.26. The second-order valence-corrected chi connectivity index (χ2v) is 7.48. The van der Waals surface area contributed by atoms with E-state index in [4.69, 9.17) is 5.73 Å². The van der Waals surface area contributed by atoms with Crippen LogP contribution < -0.4 is 5.73 Å². The molecule has 5 nitrogen and oxygen atoms in total. The summed E-state index contributed by atoms with van der Waals surface area (Å²) in [4.78, 5) is 0.358. The van der Waals surface area contributed by atoms with E-state index in [2.05, 4.69) is 6.92 Å². The Balaban J connectivity index is 2.35. The zero-order valence-electron chi connectivity index (χ0n) is 11.8. The molecule has 1 fully saturated rings. The van der Waals surface area contributed by atoms with E-state index in [1.807, 2.05) is 14.0 Å². The molecule has 0 aromatic carbocycles. The van der Waals surface area contributed by atoms with Gasteiger partial charge in [-0.25, -0.2) is 8.42 Å². The summed E-state index contributed by atoms with van der Waals surface area (Å²) in [6.07, 6.45) is 3.68. The van der Waals surface area contributed by atoms with E-state index in [9.17, 15) is 8.42 Å². The maximum absolute atomic E-state index is 12.7. The van der Waals surface area contributed by atoms with Gasteiger partial charge in [-0.15, -0.1) is 0 Å². The van der Waals surface area contributed by atoms with Gasteiger partial charge in [-0.3, -0.25) is 0 Å². The van der Waals surface area contributed by atoms with Crippen molar-refractivity contribution in [1.29, 1.82) is 0 Å². The lowest BCUT2D eigenvalue weighted by molar-refractivity contribution is 0.218. The van der Waals surface area contributed by atoms with E-state index in [0.29, 0.717) is 23.9 Å². The van der Waals surface area contributed by atoms with Crippen molar-refractivity contribution in [3.05, 3.63) is 18.0 Å². The number of aryl methyl sites for hydroxylation is 1. The summed E-state index contributed by atoms with van der Waals surface area (Å²) >= 11 is 0. The van der Waals surface area contributed by atoms with E-state index >= 15 is 0 Å². The first kappa shape index (κ1) is 14.6. The molecule has 19 heavy (non-hydrogen) atoms. The first-order chi connectivity index (χ1) is 8.86. The van der Waals surface area contributed by atoms with E-state index < -0.39 is 10.0 Å². The highest BCUT2D eigenvalue weighted by atomic mass is 32.2. The molecular formula is C13H23N3O2S. The maximum atomic E-state index is 12.7. The lowest BCUT2D eigenvalue weighted by atomic mass is 9.97. The Morgan fingerprint density at radius 2 is 2.05 bits per heavy atom. The van der Waals surface area contributed by atoms with E-state index in [-0.39, 0.29) is 6.04 Å². The van der Waals surface area contributed by atoms with Crippen molar-refractivity contribution in [2.24, 2.45) is 18.7 Å². The third kappa shape index (κ3) is 2.70. The molecule has 1 aliphatic heterocycles. The molecule has 2 unspecified atom stereocenters. The van der Waals surface area contributed by atoms with E-state index in [1.165, 1.54) is 0 Å². The summed E-state index contributed by atoms with van der Waals surface area (Å²) in [6.45, 7) is 5.04. The molecule has 0 spiro atoms. The molecule has 1 aromatic heterocycles. The summed E-state index contributed by atoms with van der Waals surface area (Å²) in [5.41, 5.74) is 6.44. The van der Waals surface area contributed by atoms with Crippen LogP contribution >= 0.6 is 0 Å². The highest BCUT2D eigenvalue weighted by molar-refractivity contribution is 7.89. The fourth-order valence-corrected chi connectivity index (χ4v) is 4.52. The van der Waals surface area contributed by atoms with Gasteiger partial charge in [0.2, 0.25) is 10.0 Å². The van der Waals surface area contributed by atoms with Gasteiger partial charge in [0.05, 0.1) is 0 Å². The number of piperidine rings is 1. The minimum absolute atomic E-state index is 0.0720. The number of aromatic nitrogens is 1. The molecule has 2 N–H and O–H groups in total. The smallest absolute Gasteiger partial charge is 0.244 e. The third-order valence-corrected chi connectivity index (χ3v) is 5.90. The lowest BCUT2D eigenvalue weighted by Gasteiger charge is -2.35. The lowest BCUT2D eigenvalue weighted by Crippen LogP contribution is -2.44. The van der Waals surface area contributed by atoms with Gasteiger partial charge in [-0.2, -0.15) is 4.31 Å². The number of nitrogens with two attached hydrogens (primary N) is 1. The molecule has 6 heteroatoms. The topological polar surface area (TPSA) is 68.3 Å². The molecule has 2 heterocycles. The number of nitrogens with zero attached hydrogens (tertiary/aromatic N) is 2. The van der Waals surface area contributed by atoms with Crippen molar-refractivity contribution in [1.82, 2.24) is 8.87 Å². The fourth-order valence-electron chi connectivity index (χ4n) is 2.64. The Morgan fingerprint density at radius 1 is 1.37 bits per heavy atom. The molecule has 2 atom stereocenters. The van der Waals surface area contributed by atoms with Gasteiger partial charge < -0.3 is 10.3 Å². The van der Waals surface area contributed by atoms with Crippen LogP contribution in [0.3, 0.4) is 0 Å². The Kier molecular flexibility index (Phi) is 4.03. The number of hydrogen-bond acceptors (Lipinski definition) is 3. The average molecular weight is 285 g/mol. The normalized spacial score (nSPS) is 25.7. The largest absolute Gasteiger partial charge is 0.352 e. The molecule has 1 aliphatic rings. The zero-order valence-corrected chi connectivity index (χ0v) is 12.7. The third-order valence-electron chi connectivity index (χ3n) is 3.96. The highest BCUT2D eigenvalue weighted by Gasteiger charge is 2.34. The monoisotopic (exact) mass is 285 g/mol. The summed E-state index contributed by atoms with van der Waals surface area (Å²) in [6, 6.07) is 1.75. The highest BCUT2D eigenvalue weighted by Crippen LogP contribution is 2.28. The molecule has 0 aliphatic carbocycles. The van der Waals surface area contributed by atoms with E-state index in [1.54, 1.807) is 21.1 Å². The quantitative estimate of drug-likeness (QED) is 0.910. The molecular weight excluding hydrogens is 262 g/mol. The maximum Gasteiger partial charge on any atom is 0.244 e. The van der Waals surface area contributed by atoms with Crippen LogP contribution in [0.5, 0.6) is 0 Å². The Morgan fingerprint density at radius 3 is 2.63 bits per heavy atom. The van der Waals surface area contributed by atoms with Crippen molar-refractivity contribution in [2.75, 3.05) is 6.54 Å². The molecule has 0 amide bonds. The summed E-state index contributed by atoms with van der Waals surface area (Å²) < 4.78 is 28.8. The SMILES string of the molecule is CC1CCC(C)N(S(=O)(=O)c2cc(CN)n(C)c2)C1. The Labute approximate surface area is 115 Å². The van der Waals surface area contributed by atoms with E-state index in [0.717, 1.165) is 18.5 Å². The zero-order chi connectivity index (χ0) is 14.2. The number of rotatable bonds is 3. The van der Waals surface area contributed by atoms with Crippen molar-refractivity contribution >= 4 is 10.0 Å². The minimum atomic E-state index is -3.40. The minimum Gasteiger partial charge on any atom is -0.352 e. The van der Waals surface area contributed by atoms with Gasteiger partial charge in [0.25, 0.3) is 0 Å². The summed E-state index contributed by atoms with van der Waals surface area (Å²) in [5.74, 6) is 0.420. The van der Waals surface area contributed by atoms with Crippen LogP contribution in [0.25, 0.3) is 0 Å². The van der Waals surface area contributed by atoms with Gasteiger partial charge in [-0.05, 0) is 31.7 Å². The van der Waals surface area contributed by atoms with Gasteiger partial charge >= 0.3 is 0 Å². The molecule has 0 saturated carbocycles. The molecule has 1 saturated heterocycles. The van der Waals surface area contributed by atoms with Crippen molar-refractivity contribution in [3.63, 3.8) is 0 Å². The molecule has 0 bridgehead atoms. The van der Waals surface area contributed by atoms with Crippen molar-refractivity contribution in [2.45, 2.75) is 44.2 Å². The van der Waals surface area contributed by atoms with Crippen molar-refractivity contribution in [3.8, 4) is 0 Å². The van der Waals surface area contributed by atoms with Crippen LogP contribution in [-0.2, 0) is 23.6 Å². The first-order valence-corrected chi connectivity index (χ1v) is 8.17. The Hall–Kier alpha value is -0.850. The average Bonchev–Trinajstić information content (AvgIpc) is 2.74. The molecule has 108 valence electrons. The van der Waals surface area contributed by atoms with Crippen LogP contribution in [0.2, 0.25) is 0 Å². The van der Waals surface area contributed by atoms with Crippen molar-refractivity contribution < 1.29 is 8.42 Å². The molecule has 2 rings (SSSR count). The van der Waals surface area contributed by atoms with Crippen LogP contribution in [0.15, 0.2) is 17.2 Å². The fraction of sp³-hybridized carbons (Fsp3) is 0.692. The second-order valence-electron chi connectivity index (χ2n) is 5.59. The van der Waals surface area contributed by atoms with Crippen LogP contribution in [-0.4, -0.2) is 29.9 Å². The molecule has 0 radical (unpaired) electrons. The standard InChI is InChI=1S/C13H23N3O2S/c1-10-4-5-11(2)16(8-10)19(17,18)13-6-12(7-14)15(3)9-13/h6,9-11H,4-5,7-8,14H2,1-3H3. The van der Waals surface area contributed by atoms with Gasteiger partial charge in [0.15, 0.2) is 0 Å². The van der Waals surface area contributed by atoms with Crippen LogP contribution in [0.4, 0.5) is 0 Å². The first-order valence-electron chi connectivity index (χ1n) is 6.73. The van der Waals surface area contributed by atoms with Gasteiger partial charge in [0, 0.05) is 38.1 Å². The number of sulfonamides is 1. The predicted molar refractivity (Wildman–Crippen MR) is 75.1 cm³/mol. The Bertz CT molecular complexity index is 550.